The first-order valence-corrected chi connectivity index (χ1v) is 6.22. The van der Waals surface area contributed by atoms with Crippen molar-refractivity contribution in [2.45, 2.75) is 6.18 Å². The third-order valence-corrected chi connectivity index (χ3v) is 3.65. The zero-order chi connectivity index (χ0) is 15.1. The van der Waals surface area contributed by atoms with Crippen LogP contribution in [0.1, 0.15) is 5.69 Å². The molecule has 2 aromatic rings. The van der Waals surface area contributed by atoms with Crippen LogP contribution in [-0.4, -0.2) is 4.98 Å². The first kappa shape index (κ1) is 15.4. The third kappa shape index (κ3) is 2.85. The Labute approximate surface area is 126 Å². The van der Waals surface area contributed by atoms with Gasteiger partial charge in [-0.3, -0.25) is 0 Å². The highest BCUT2D eigenvalue weighted by Gasteiger charge is 2.37. The van der Waals surface area contributed by atoms with Crippen LogP contribution in [0.4, 0.5) is 17.6 Å². The Morgan fingerprint density at radius 2 is 1.55 bits per heavy atom. The molecule has 8 heteroatoms. The van der Waals surface area contributed by atoms with Crippen molar-refractivity contribution in [3.63, 3.8) is 0 Å². The van der Waals surface area contributed by atoms with Gasteiger partial charge in [-0.15, -0.1) is 0 Å². The summed E-state index contributed by atoms with van der Waals surface area (Å²) in [4.78, 5) is 3.01. The topological polar surface area (TPSA) is 12.9 Å². The Kier molecular flexibility index (Phi) is 4.14. The molecule has 20 heavy (non-hydrogen) atoms. The van der Waals surface area contributed by atoms with Gasteiger partial charge in [0.25, 0.3) is 0 Å². The fraction of sp³-hybridized carbons (Fsp3) is 0.0833. The van der Waals surface area contributed by atoms with Gasteiger partial charge in [0, 0.05) is 11.8 Å². The largest absolute Gasteiger partial charge is 0.436 e. The first-order chi connectivity index (χ1) is 9.21. The highest BCUT2D eigenvalue weighted by molar-refractivity contribution is 6.48. The average Bonchev–Trinajstić information content (AvgIpc) is 2.34. The summed E-state index contributed by atoms with van der Waals surface area (Å²) < 4.78 is 51.7. The maximum atomic E-state index is 13.9. The van der Waals surface area contributed by atoms with Gasteiger partial charge in [-0.1, -0.05) is 34.8 Å². The molecule has 0 saturated carbocycles. The molecule has 1 aromatic heterocycles. The van der Waals surface area contributed by atoms with Gasteiger partial charge >= 0.3 is 6.18 Å². The number of rotatable bonds is 1. The zero-order valence-corrected chi connectivity index (χ0v) is 11.7. The Hall–Kier alpha value is -1.04. The van der Waals surface area contributed by atoms with E-state index in [0.29, 0.717) is 0 Å². The molecule has 106 valence electrons. The second-order valence-corrected chi connectivity index (χ2v) is 4.97. The number of hydrogen-bond acceptors (Lipinski definition) is 1. The zero-order valence-electron chi connectivity index (χ0n) is 9.40. The summed E-state index contributed by atoms with van der Waals surface area (Å²) in [5.41, 5.74) is -1.83. The molecular weight excluding hydrogens is 340 g/mol. The second kappa shape index (κ2) is 5.39. The normalized spacial score (nSPS) is 11.8. The molecule has 0 aliphatic rings. The molecule has 1 nitrogen and oxygen atoms in total. The minimum Gasteiger partial charge on any atom is -0.249 e. The number of hydrogen-bond donors (Lipinski definition) is 0. The standard InChI is InChI=1S/C12H4Cl3F4N/c13-7-3-5(4-8(14)9(7)15)6-1-2-20-11(10(6)16)12(17,18)19/h1-4H. The van der Waals surface area contributed by atoms with Crippen molar-refractivity contribution < 1.29 is 17.6 Å². The van der Waals surface area contributed by atoms with Gasteiger partial charge in [0.1, 0.15) is 0 Å². The highest BCUT2D eigenvalue weighted by Crippen LogP contribution is 2.38. The van der Waals surface area contributed by atoms with Crippen LogP contribution in [-0.2, 0) is 6.18 Å². The van der Waals surface area contributed by atoms with Crippen molar-refractivity contribution in [1.82, 2.24) is 4.98 Å². The minimum atomic E-state index is -4.89. The smallest absolute Gasteiger partial charge is 0.249 e. The van der Waals surface area contributed by atoms with Crippen molar-refractivity contribution in [2.75, 3.05) is 0 Å². The van der Waals surface area contributed by atoms with E-state index in [0.717, 1.165) is 12.3 Å². The van der Waals surface area contributed by atoms with Crippen LogP contribution in [0.2, 0.25) is 15.1 Å². The monoisotopic (exact) mass is 343 g/mol. The Balaban J connectivity index is 2.66. The van der Waals surface area contributed by atoms with Crippen molar-refractivity contribution in [3.8, 4) is 11.1 Å². The molecule has 0 radical (unpaired) electrons. The van der Waals surface area contributed by atoms with Gasteiger partial charge in [0.05, 0.1) is 15.1 Å². The summed E-state index contributed by atoms with van der Waals surface area (Å²) in [6.45, 7) is 0. The number of benzene rings is 1. The summed E-state index contributed by atoms with van der Waals surface area (Å²) in [5, 5.41) is 0.0699. The molecule has 1 aromatic carbocycles. The predicted molar refractivity (Wildman–Crippen MR) is 69.7 cm³/mol. The number of alkyl halides is 3. The van der Waals surface area contributed by atoms with E-state index in [9.17, 15) is 17.6 Å². The fourth-order valence-electron chi connectivity index (χ4n) is 1.58. The molecule has 0 fully saturated rings. The lowest BCUT2D eigenvalue weighted by Gasteiger charge is -2.11. The van der Waals surface area contributed by atoms with Gasteiger partial charge in [-0.25, -0.2) is 9.37 Å². The van der Waals surface area contributed by atoms with E-state index < -0.39 is 17.7 Å². The van der Waals surface area contributed by atoms with Crippen LogP contribution in [0.3, 0.4) is 0 Å². The lowest BCUT2D eigenvalue weighted by molar-refractivity contribution is -0.143. The highest BCUT2D eigenvalue weighted by atomic mass is 35.5. The van der Waals surface area contributed by atoms with E-state index in [-0.39, 0.29) is 26.2 Å². The van der Waals surface area contributed by atoms with Gasteiger partial charge in [-0.2, -0.15) is 13.2 Å². The van der Waals surface area contributed by atoms with Crippen molar-refractivity contribution in [2.24, 2.45) is 0 Å². The van der Waals surface area contributed by atoms with Gasteiger partial charge < -0.3 is 0 Å². The van der Waals surface area contributed by atoms with E-state index in [4.69, 9.17) is 34.8 Å². The minimum absolute atomic E-state index is 0.0129. The summed E-state index contributed by atoms with van der Waals surface area (Å²) in [5.74, 6) is -1.49. The van der Waals surface area contributed by atoms with Crippen molar-refractivity contribution in [3.05, 3.63) is 51.0 Å². The molecule has 0 atom stereocenters. The van der Waals surface area contributed by atoms with Crippen molar-refractivity contribution >= 4 is 34.8 Å². The Morgan fingerprint density at radius 3 is 2.05 bits per heavy atom. The van der Waals surface area contributed by atoms with Crippen LogP contribution in [0.5, 0.6) is 0 Å². The second-order valence-electron chi connectivity index (χ2n) is 3.77. The van der Waals surface area contributed by atoms with E-state index in [1.165, 1.54) is 12.1 Å². The average molecular weight is 345 g/mol. The van der Waals surface area contributed by atoms with Crippen molar-refractivity contribution in [1.29, 1.82) is 0 Å². The van der Waals surface area contributed by atoms with E-state index in [1.54, 1.807) is 0 Å². The van der Waals surface area contributed by atoms with E-state index >= 15 is 0 Å². The Morgan fingerprint density at radius 1 is 1.00 bits per heavy atom. The first-order valence-electron chi connectivity index (χ1n) is 5.08. The Bertz CT molecular complexity index is 647. The number of aromatic nitrogens is 1. The molecular formula is C12H4Cl3F4N. The predicted octanol–water partition coefficient (Wildman–Crippen LogP) is 5.87. The van der Waals surface area contributed by atoms with Gasteiger partial charge in [0.2, 0.25) is 0 Å². The van der Waals surface area contributed by atoms with Gasteiger partial charge in [-0.05, 0) is 23.8 Å². The molecule has 0 unspecified atom stereocenters. The SMILES string of the molecule is Fc1c(-c2cc(Cl)c(Cl)c(Cl)c2)ccnc1C(F)(F)F. The molecule has 0 saturated heterocycles. The molecule has 0 aliphatic heterocycles. The lowest BCUT2D eigenvalue weighted by Crippen LogP contribution is -2.11. The van der Waals surface area contributed by atoms with E-state index in [1.807, 2.05) is 0 Å². The quantitative estimate of drug-likeness (QED) is 0.466. The maximum Gasteiger partial charge on any atom is 0.436 e. The van der Waals surface area contributed by atoms with Crippen LogP contribution < -0.4 is 0 Å². The number of halogens is 7. The van der Waals surface area contributed by atoms with Crippen LogP contribution >= 0.6 is 34.8 Å². The third-order valence-electron chi connectivity index (χ3n) is 2.45. The van der Waals surface area contributed by atoms with Crippen LogP contribution in [0, 0.1) is 5.82 Å². The molecule has 0 spiro atoms. The lowest BCUT2D eigenvalue weighted by atomic mass is 10.1. The van der Waals surface area contributed by atoms with E-state index in [2.05, 4.69) is 4.98 Å². The summed E-state index contributed by atoms with van der Waals surface area (Å²) in [6, 6.07) is 3.56. The molecule has 0 amide bonds. The molecule has 0 aliphatic carbocycles. The number of pyridine rings is 1. The molecule has 0 N–H and O–H groups in total. The molecule has 1 heterocycles. The van der Waals surface area contributed by atoms with Crippen LogP contribution in [0.25, 0.3) is 11.1 Å². The van der Waals surface area contributed by atoms with Gasteiger partial charge in [0.15, 0.2) is 11.5 Å². The van der Waals surface area contributed by atoms with Crippen LogP contribution in [0.15, 0.2) is 24.4 Å². The molecule has 2 rings (SSSR count). The summed E-state index contributed by atoms with van der Waals surface area (Å²) >= 11 is 17.3. The summed E-state index contributed by atoms with van der Waals surface area (Å²) in [6.07, 6.45) is -4.03. The fourth-order valence-corrected chi connectivity index (χ4v) is 2.17. The summed E-state index contributed by atoms with van der Waals surface area (Å²) in [7, 11) is 0. The number of nitrogens with zero attached hydrogens (tertiary/aromatic N) is 1. The molecule has 0 bridgehead atoms. The maximum absolute atomic E-state index is 13.9.